The molecule has 1 amide bonds. The molecule has 2 aromatic heterocycles. The fourth-order valence-electron chi connectivity index (χ4n) is 2.61. The van der Waals surface area contributed by atoms with Gasteiger partial charge in [-0.2, -0.15) is 9.78 Å². The van der Waals surface area contributed by atoms with Gasteiger partial charge < -0.3 is 21.1 Å². The molecule has 1 aromatic carbocycles. The molecule has 4 rings (SSSR count). The number of halogens is 2. The molecule has 1 aliphatic rings. The summed E-state index contributed by atoms with van der Waals surface area (Å²) in [6.45, 7) is 0. The Labute approximate surface area is 156 Å². The number of nitrogens with zero attached hydrogens (tertiary/aromatic N) is 4. The molecule has 1 fully saturated rings. The van der Waals surface area contributed by atoms with Crippen molar-refractivity contribution in [3.05, 3.63) is 41.7 Å². The van der Waals surface area contributed by atoms with E-state index in [-0.39, 0.29) is 17.2 Å². The number of primary amides is 1. The SMILES string of the molecule is N#Cc1cnc2c(NC3CC3)cc(Nc3cc(OC(N)=O)c(F)cc3F)nn12. The van der Waals surface area contributed by atoms with Crippen molar-refractivity contribution in [3.8, 4) is 11.8 Å². The van der Waals surface area contributed by atoms with Crippen LogP contribution in [0.1, 0.15) is 18.5 Å². The highest BCUT2D eigenvalue weighted by molar-refractivity contribution is 5.74. The van der Waals surface area contributed by atoms with Crippen LogP contribution in [0, 0.1) is 23.0 Å². The maximum atomic E-state index is 14.2. The van der Waals surface area contributed by atoms with Crippen LogP contribution in [0.3, 0.4) is 0 Å². The first-order chi connectivity index (χ1) is 13.4. The summed E-state index contributed by atoms with van der Waals surface area (Å²) >= 11 is 0. The number of nitrogens with two attached hydrogens (primary N) is 1. The number of rotatable bonds is 5. The van der Waals surface area contributed by atoms with E-state index in [1.54, 1.807) is 6.07 Å². The molecule has 3 aromatic rings. The maximum absolute atomic E-state index is 14.2. The van der Waals surface area contributed by atoms with E-state index in [9.17, 15) is 18.8 Å². The Morgan fingerprint density at radius 1 is 1.29 bits per heavy atom. The first kappa shape index (κ1) is 17.5. The quantitative estimate of drug-likeness (QED) is 0.615. The van der Waals surface area contributed by atoms with Gasteiger partial charge in [0.05, 0.1) is 17.6 Å². The van der Waals surface area contributed by atoms with Gasteiger partial charge in [0.15, 0.2) is 28.7 Å². The summed E-state index contributed by atoms with van der Waals surface area (Å²) in [7, 11) is 0. The second-order valence-electron chi connectivity index (χ2n) is 6.16. The number of aromatic nitrogens is 3. The van der Waals surface area contributed by atoms with Crippen LogP contribution in [0.4, 0.5) is 30.8 Å². The number of fused-ring (bicyclic) bond motifs is 1. The molecule has 28 heavy (non-hydrogen) atoms. The average molecular weight is 385 g/mol. The highest BCUT2D eigenvalue weighted by Gasteiger charge is 2.23. The van der Waals surface area contributed by atoms with Gasteiger partial charge in [-0.15, -0.1) is 5.10 Å². The van der Waals surface area contributed by atoms with E-state index >= 15 is 0 Å². The molecule has 0 bridgehead atoms. The lowest BCUT2D eigenvalue weighted by molar-refractivity contribution is 0.208. The van der Waals surface area contributed by atoms with E-state index in [0.717, 1.165) is 18.9 Å². The number of ether oxygens (including phenoxy) is 1. The third-order valence-corrected chi connectivity index (χ3v) is 4.01. The summed E-state index contributed by atoms with van der Waals surface area (Å²) in [4.78, 5) is 15.1. The highest BCUT2D eigenvalue weighted by atomic mass is 19.1. The van der Waals surface area contributed by atoms with Crippen LogP contribution in [-0.2, 0) is 0 Å². The van der Waals surface area contributed by atoms with Crippen molar-refractivity contribution in [1.82, 2.24) is 14.6 Å². The Morgan fingerprint density at radius 3 is 2.75 bits per heavy atom. The number of hydrogen-bond donors (Lipinski definition) is 3. The predicted molar refractivity (Wildman–Crippen MR) is 94.2 cm³/mol. The Bertz CT molecular complexity index is 1130. The minimum atomic E-state index is -1.23. The van der Waals surface area contributed by atoms with Crippen LogP contribution < -0.4 is 21.1 Å². The number of anilines is 3. The molecule has 9 nitrogen and oxygen atoms in total. The van der Waals surface area contributed by atoms with Crippen LogP contribution >= 0.6 is 0 Å². The van der Waals surface area contributed by atoms with E-state index in [4.69, 9.17) is 5.73 Å². The number of benzene rings is 1. The summed E-state index contributed by atoms with van der Waals surface area (Å²) < 4.78 is 33.8. The molecule has 1 saturated carbocycles. The zero-order valence-corrected chi connectivity index (χ0v) is 14.2. The number of imidazole rings is 1. The first-order valence-electron chi connectivity index (χ1n) is 8.23. The monoisotopic (exact) mass is 385 g/mol. The fourth-order valence-corrected chi connectivity index (χ4v) is 2.61. The van der Waals surface area contributed by atoms with E-state index in [1.807, 2.05) is 6.07 Å². The second kappa shape index (κ2) is 6.66. The average Bonchev–Trinajstić information content (AvgIpc) is 3.35. The zero-order valence-electron chi connectivity index (χ0n) is 14.2. The van der Waals surface area contributed by atoms with E-state index in [1.165, 1.54) is 10.7 Å². The topological polar surface area (TPSA) is 130 Å². The van der Waals surface area contributed by atoms with E-state index in [0.29, 0.717) is 23.4 Å². The minimum absolute atomic E-state index is 0.167. The Morgan fingerprint density at radius 2 is 2.07 bits per heavy atom. The molecule has 0 spiro atoms. The van der Waals surface area contributed by atoms with Crippen LogP contribution in [0.15, 0.2) is 24.4 Å². The van der Waals surface area contributed by atoms with Crippen molar-refractivity contribution < 1.29 is 18.3 Å². The lowest BCUT2D eigenvalue weighted by atomic mass is 10.2. The molecular weight excluding hydrogens is 372 g/mol. The molecule has 0 atom stereocenters. The van der Waals surface area contributed by atoms with Crippen molar-refractivity contribution in [1.29, 1.82) is 5.26 Å². The van der Waals surface area contributed by atoms with Crippen molar-refractivity contribution in [2.45, 2.75) is 18.9 Å². The van der Waals surface area contributed by atoms with Gasteiger partial charge in [-0.05, 0) is 12.8 Å². The summed E-state index contributed by atoms with van der Waals surface area (Å²) in [5.74, 6) is -2.38. The lowest BCUT2D eigenvalue weighted by Crippen LogP contribution is -2.17. The number of carbonyl (C=O) groups is 1. The third-order valence-electron chi connectivity index (χ3n) is 4.01. The van der Waals surface area contributed by atoms with Crippen molar-refractivity contribution in [2.75, 3.05) is 10.6 Å². The molecule has 0 unspecified atom stereocenters. The zero-order chi connectivity index (χ0) is 19.8. The fraction of sp³-hybridized carbons (Fsp3) is 0.176. The number of hydrogen-bond acceptors (Lipinski definition) is 7. The molecule has 0 radical (unpaired) electrons. The molecule has 142 valence electrons. The van der Waals surface area contributed by atoms with Gasteiger partial charge in [-0.3, -0.25) is 0 Å². The van der Waals surface area contributed by atoms with Crippen molar-refractivity contribution in [2.24, 2.45) is 5.73 Å². The number of carbonyl (C=O) groups excluding carboxylic acids is 1. The molecule has 0 aliphatic heterocycles. The molecule has 0 saturated heterocycles. The smallest absolute Gasteiger partial charge is 0.407 e. The molecule has 2 heterocycles. The first-order valence-corrected chi connectivity index (χ1v) is 8.23. The van der Waals surface area contributed by atoms with Gasteiger partial charge in [0, 0.05) is 24.2 Å². The number of amides is 1. The van der Waals surface area contributed by atoms with Gasteiger partial charge in [-0.1, -0.05) is 0 Å². The van der Waals surface area contributed by atoms with Crippen molar-refractivity contribution in [3.63, 3.8) is 0 Å². The van der Waals surface area contributed by atoms with E-state index in [2.05, 4.69) is 25.5 Å². The normalized spacial score (nSPS) is 13.2. The van der Waals surface area contributed by atoms with Crippen LogP contribution in [0.2, 0.25) is 0 Å². The van der Waals surface area contributed by atoms with Crippen molar-refractivity contribution >= 4 is 28.9 Å². The number of nitrogens with one attached hydrogen (secondary N) is 2. The summed E-state index contributed by atoms with van der Waals surface area (Å²) in [6, 6.07) is 5.37. The van der Waals surface area contributed by atoms with Crippen LogP contribution in [-0.4, -0.2) is 26.7 Å². The van der Waals surface area contributed by atoms with Gasteiger partial charge >= 0.3 is 6.09 Å². The van der Waals surface area contributed by atoms with E-state index < -0.39 is 23.5 Å². The van der Waals surface area contributed by atoms with Gasteiger partial charge in [-0.25, -0.2) is 18.6 Å². The van der Waals surface area contributed by atoms with Crippen LogP contribution in [0.5, 0.6) is 5.75 Å². The summed E-state index contributed by atoms with van der Waals surface area (Å²) in [5, 5.41) is 19.4. The van der Waals surface area contributed by atoms with Crippen LogP contribution in [0.25, 0.3) is 5.65 Å². The second-order valence-corrected chi connectivity index (χ2v) is 6.16. The lowest BCUT2D eigenvalue weighted by Gasteiger charge is -2.12. The minimum Gasteiger partial charge on any atom is -0.407 e. The third kappa shape index (κ3) is 3.35. The molecule has 11 heteroatoms. The maximum Gasteiger partial charge on any atom is 0.410 e. The van der Waals surface area contributed by atoms with Gasteiger partial charge in [0.2, 0.25) is 0 Å². The number of nitriles is 1. The molecule has 1 aliphatic carbocycles. The highest BCUT2D eigenvalue weighted by Crippen LogP contribution is 2.31. The molecular formula is C17H13F2N7O2. The van der Waals surface area contributed by atoms with Gasteiger partial charge in [0.1, 0.15) is 11.9 Å². The predicted octanol–water partition coefficient (Wildman–Crippen LogP) is 2.65. The summed E-state index contributed by atoms with van der Waals surface area (Å²) in [6.07, 6.45) is 2.15. The summed E-state index contributed by atoms with van der Waals surface area (Å²) in [5.41, 5.74) is 5.94. The van der Waals surface area contributed by atoms with Gasteiger partial charge in [0.25, 0.3) is 0 Å². The standard InChI is InChI=1S/C17H13F2N7O2/c18-10-3-11(19)14(28-17(21)27)4-12(10)24-15-5-13(23-8-1-2-8)16-22-7-9(6-20)26(16)25-15/h3-5,7-8,23H,1-2H2,(H2,21,27)(H,24,25). The Hall–Kier alpha value is -3.94. The Kier molecular flexibility index (Phi) is 4.15. The Balaban J connectivity index is 1.75. The largest absolute Gasteiger partial charge is 0.410 e. The molecule has 4 N–H and O–H groups in total.